The van der Waals surface area contributed by atoms with E-state index in [0.29, 0.717) is 50.4 Å². The Bertz CT molecular complexity index is 824. The van der Waals surface area contributed by atoms with E-state index in [-0.39, 0.29) is 18.4 Å². The summed E-state index contributed by atoms with van der Waals surface area (Å²) in [6, 6.07) is 4.19. The van der Waals surface area contributed by atoms with Crippen LogP contribution in [0.1, 0.15) is 40.0 Å². The minimum absolute atomic E-state index is 0.256. The molecular formula is C21H29FN4O4. The van der Waals surface area contributed by atoms with Gasteiger partial charge in [-0.3, -0.25) is 14.9 Å². The number of hydrogen-bond acceptors (Lipinski definition) is 6. The van der Waals surface area contributed by atoms with Gasteiger partial charge in [-0.2, -0.15) is 0 Å². The van der Waals surface area contributed by atoms with Crippen LogP contribution in [0.15, 0.2) is 18.2 Å². The Labute approximate surface area is 175 Å². The van der Waals surface area contributed by atoms with E-state index in [2.05, 4.69) is 10.6 Å². The number of ether oxygens (including phenoxy) is 1. The Morgan fingerprint density at radius 1 is 1.20 bits per heavy atom. The third kappa shape index (κ3) is 5.61. The van der Waals surface area contributed by atoms with Crippen LogP contribution < -0.4 is 15.5 Å². The van der Waals surface area contributed by atoms with Crippen LogP contribution in [0.3, 0.4) is 0 Å². The number of carbonyl (C=O) groups is 3. The SMILES string of the molecule is CC(C)(C)OC(=O)N1CCCN(c2ccc(NC3CCC(=O)NC3=O)cc2F)CC1. The molecule has 1 unspecified atom stereocenters. The van der Waals surface area contributed by atoms with Gasteiger partial charge in [0.2, 0.25) is 11.8 Å². The number of rotatable bonds is 3. The summed E-state index contributed by atoms with van der Waals surface area (Å²) in [4.78, 5) is 39.0. The molecule has 3 amide bonds. The summed E-state index contributed by atoms with van der Waals surface area (Å²) in [7, 11) is 0. The molecule has 0 radical (unpaired) electrons. The average molecular weight is 420 g/mol. The van der Waals surface area contributed by atoms with Gasteiger partial charge in [0.1, 0.15) is 17.5 Å². The number of halogens is 1. The standard InChI is InChI=1S/C21H29FN4O4/c1-21(2,3)30-20(29)26-10-4-9-25(11-12-26)17-7-5-14(13-15(17)22)23-16-6-8-18(27)24-19(16)28/h5,7,13,16,23H,4,6,8-12H2,1-3H3,(H,24,27,28). The number of amides is 3. The maximum atomic E-state index is 14.8. The van der Waals surface area contributed by atoms with Crippen molar-refractivity contribution in [2.75, 3.05) is 36.4 Å². The first kappa shape index (κ1) is 21.9. The molecule has 2 N–H and O–H groups in total. The van der Waals surface area contributed by atoms with Crippen LogP contribution in [0.25, 0.3) is 0 Å². The monoisotopic (exact) mass is 420 g/mol. The molecule has 0 saturated carbocycles. The van der Waals surface area contributed by atoms with Crippen molar-refractivity contribution in [2.45, 2.75) is 51.7 Å². The fraction of sp³-hybridized carbons (Fsp3) is 0.571. The minimum atomic E-state index is -0.562. The van der Waals surface area contributed by atoms with Crippen molar-refractivity contribution in [3.8, 4) is 0 Å². The fourth-order valence-electron chi connectivity index (χ4n) is 3.55. The quantitative estimate of drug-likeness (QED) is 0.730. The first-order valence-corrected chi connectivity index (χ1v) is 10.2. The van der Waals surface area contributed by atoms with E-state index in [4.69, 9.17) is 4.74 Å². The zero-order valence-corrected chi connectivity index (χ0v) is 17.7. The van der Waals surface area contributed by atoms with Gasteiger partial charge in [-0.25, -0.2) is 9.18 Å². The van der Waals surface area contributed by atoms with Crippen LogP contribution >= 0.6 is 0 Å². The highest BCUT2D eigenvalue weighted by Crippen LogP contribution is 2.25. The van der Waals surface area contributed by atoms with Crippen molar-refractivity contribution in [1.29, 1.82) is 0 Å². The number of anilines is 2. The van der Waals surface area contributed by atoms with Crippen molar-refractivity contribution < 1.29 is 23.5 Å². The second-order valence-electron chi connectivity index (χ2n) is 8.62. The van der Waals surface area contributed by atoms with E-state index >= 15 is 0 Å². The molecule has 0 aliphatic carbocycles. The highest BCUT2D eigenvalue weighted by atomic mass is 19.1. The Balaban J connectivity index is 1.62. The van der Waals surface area contributed by atoms with Crippen LogP contribution in [0, 0.1) is 5.82 Å². The van der Waals surface area contributed by atoms with Gasteiger partial charge in [-0.1, -0.05) is 0 Å². The molecule has 3 rings (SSSR count). The number of carbonyl (C=O) groups excluding carboxylic acids is 3. The van der Waals surface area contributed by atoms with Gasteiger partial charge in [-0.05, 0) is 51.8 Å². The molecule has 1 aromatic carbocycles. The van der Waals surface area contributed by atoms with Crippen LogP contribution in [0.5, 0.6) is 0 Å². The lowest BCUT2D eigenvalue weighted by Crippen LogP contribution is -2.47. The van der Waals surface area contributed by atoms with E-state index in [0.717, 1.165) is 0 Å². The lowest BCUT2D eigenvalue weighted by molar-refractivity contribution is -0.133. The van der Waals surface area contributed by atoms with Crippen LogP contribution in [0.4, 0.5) is 20.6 Å². The molecule has 30 heavy (non-hydrogen) atoms. The summed E-state index contributed by atoms with van der Waals surface area (Å²) in [6.07, 6.45) is 0.982. The molecular weight excluding hydrogens is 391 g/mol. The third-order valence-electron chi connectivity index (χ3n) is 5.02. The van der Waals surface area contributed by atoms with Gasteiger partial charge in [0.15, 0.2) is 0 Å². The summed E-state index contributed by atoms with van der Waals surface area (Å²) in [5, 5.41) is 5.26. The Morgan fingerprint density at radius 3 is 2.63 bits per heavy atom. The summed E-state index contributed by atoms with van der Waals surface area (Å²) in [5.74, 6) is -1.09. The van der Waals surface area contributed by atoms with Gasteiger partial charge < -0.3 is 19.9 Å². The molecule has 2 aliphatic rings. The molecule has 2 saturated heterocycles. The van der Waals surface area contributed by atoms with Crippen molar-refractivity contribution in [2.24, 2.45) is 0 Å². The highest BCUT2D eigenvalue weighted by molar-refractivity contribution is 6.01. The summed E-state index contributed by atoms with van der Waals surface area (Å²) in [5.41, 5.74) is 0.381. The zero-order chi connectivity index (χ0) is 21.9. The number of piperidine rings is 1. The van der Waals surface area contributed by atoms with E-state index in [9.17, 15) is 18.8 Å². The molecule has 2 fully saturated rings. The molecule has 2 aliphatic heterocycles. The van der Waals surface area contributed by atoms with E-state index in [1.807, 2.05) is 25.7 Å². The van der Waals surface area contributed by atoms with Gasteiger partial charge in [0, 0.05) is 38.3 Å². The summed E-state index contributed by atoms with van der Waals surface area (Å²) >= 11 is 0. The van der Waals surface area contributed by atoms with Gasteiger partial charge >= 0.3 is 6.09 Å². The minimum Gasteiger partial charge on any atom is -0.444 e. The Morgan fingerprint density at radius 2 is 1.97 bits per heavy atom. The number of imide groups is 1. The Hall–Kier alpha value is -2.84. The smallest absolute Gasteiger partial charge is 0.410 e. The van der Waals surface area contributed by atoms with Crippen LogP contribution in [-0.4, -0.2) is 60.6 Å². The number of nitrogens with zero attached hydrogens (tertiary/aromatic N) is 2. The predicted molar refractivity (Wildman–Crippen MR) is 111 cm³/mol. The molecule has 8 nitrogen and oxygen atoms in total. The molecule has 164 valence electrons. The van der Waals surface area contributed by atoms with Crippen LogP contribution in [0.2, 0.25) is 0 Å². The average Bonchev–Trinajstić information content (AvgIpc) is 2.89. The van der Waals surface area contributed by atoms with Crippen molar-refractivity contribution in [3.05, 3.63) is 24.0 Å². The van der Waals surface area contributed by atoms with Gasteiger partial charge in [0.25, 0.3) is 0 Å². The summed E-state index contributed by atoms with van der Waals surface area (Å²) in [6.45, 7) is 7.61. The van der Waals surface area contributed by atoms with Gasteiger partial charge in [0.05, 0.1) is 5.69 Å². The van der Waals surface area contributed by atoms with Gasteiger partial charge in [-0.15, -0.1) is 0 Å². The summed E-state index contributed by atoms with van der Waals surface area (Å²) < 4.78 is 20.3. The highest BCUT2D eigenvalue weighted by Gasteiger charge is 2.27. The number of nitrogens with one attached hydrogen (secondary N) is 2. The second kappa shape index (κ2) is 8.89. The first-order valence-electron chi connectivity index (χ1n) is 10.2. The molecule has 0 aromatic heterocycles. The molecule has 1 aromatic rings. The molecule has 1 atom stereocenters. The van der Waals surface area contributed by atoms with E-state index in [1.54, 1.807) is 17.0 Å². The van der Waals surface area contributed by atoms with Crippen LogP contribution in [-0.2, 0) is 14.3 Å². The maximum absolute atomic E-state index is 14.8. The zero-order valence-electron chi connectivity index (χ0n) is 17.7. The lowest BCUT2D eigenvalue weighted by Gasteiger charge is -2.27. The third-order valence-corrected chi connectivity index (χ3v) is 5.02. The molecule has 9 heteroatoms. The van der Waals surface area contributed by atoms with E-state index < -0.39 is 23.4 Å². The van der Waals surface area contributed by atoms with Crippen molar-refractivity contribution >= 4 is 29.3 Å². The van der Waals surface area contributed by atoms with Crippen molar-refractivity contribution in [1.82, 2.24) is 10.2 Å². The first-order chi connectivity index (χ1) is 14.1. The fourth-order valence-corrected chi connectivity index (χ4v) is 3.55. The molecule has 0 bridgehead atoms. The Kier molecular flexibility index (Phi) is 6.48. The second-order valence-corrected chi connectivity index (χ2v) is 8.62. The lowest BCUT2D eigenvalue weighted by atomic mass is 10.1. The predicted octanol–water partition coefficient (Wildman–Crippen LogP) is 2.49. The van der Waals surface area contributed by atoms with Crippen molar-refractivity contribution in [3.63, 3.8) is 0 Å². The maximum Gasteiger partial charge on any atom is 0.410 e. The molecule has 0 spiro atoms. The topological polar surface area (TPSA) is 91.0 Å². The number of benzene rings is 1. The number of hydrogen-bond donors (Lipinski definition) is 2. The molecule has 2 heterocycles. The largest absolute Gasteiger partial charge is 0.444 e. The van der Waals surface area contributed by atoms with E-state index in [1.165, 1.54) is 6.07 Å². The normalized spacial score (nSPS) is 20.5.